The molecule has 31 heavy (non-hydrogen) atoms. The molecule has 180 valence electrons. The van der Waals surface area contributed by atoms with Gasteiger partial charge in [-0.25, -0.2) is 0 Å². The maximum atomic E-state index is 10.8. The Labute approximate surface area is 203 Å². The Morgan fingerprint density at radius 3 is 2.19 bits per heavy atom. The van der Waals surface area contributed by atoms with E-state index in [0.29, 0.717) is 12.6 Å². The van der Waals surface area contributed by atoms with Crippen LogP contribution >= 0.6 is 37.2 Å². The Morgan fingerprint density at radius 2 is 1.58 bits per heavy atom. The van der Waals surface area contributed by atoms with Crippen molar-refractivity contribution < 1.29 is 19.7 Å². The zero-order chi connectivity index (χ0) is 19.3. The van der Waals surface area contributed by atoms with Crippen LogP contribution in [0.2, 0.25) is 0 Å². The second-order valence-corrected chi connectivity index (χ2v) is 8.03. The van der Waals surface area contributed by atoms with Crippen LogP contribution in [0.4, 0.5) is 5.69 Å². The largest absolute Gasteiger partial charge is 0.394 e. The minimum atomic E-state index is -0.658. The van der Waals surface area contributed by atoms with Gasteiger partial charge in [0, 0.05) is 57.7 Å². The smallest absolute Gasteiger partial charge is 0.109 e. The lowest BCUT2D eigenvalue weighted by atomic mass is 10.0. The number of piperazine rings is 1. The number of halogens is 3. The highest BCUT2D eigenvalue weighted by molar-refractivity contribution is 5.86. The highest BCUT2D eigenvalue weighted by Crippen LogP contribution is 2.28. The summed E-state index contributed by atoms with van der Waals surface area (Å²) in [6.07, 6.45) is 0.754. The molecule has 3 aliphatic heterocycles. The van der Waals surface area contributed by atoms with Gasteiger partial charge in [-0.3, -0.25) is 4.90 Å². The maximum absolute atomic E-state index is 10.8. The number of anilines is 1. The summed E-state index contributed by atoms with van der Waals surface area (Å²) in [5.74, 6) is 0. The van der Waals surface area contributed by atoms with Gasteiger partial charge in [0.25, 0.3) is 0 Å². The Morgan fingerprint density at radius 1 is 0.935 bits per heavy atom. The van der Waals surface area contributed by atoms with Crippen LogP contribution in [0.25, 0.3) is 0 Å². The summed E-state index contributed by atoms with van der Waals surface area (Å²) in [5, 5.41) is 24.0. The summed E-state index contributed by atoms with van der Waals surface area (Å²) in [6.45, 7) is 5.77. The Balaban J connectivity index is 0.00000160. The average molecular weight is 501 g/mol. The summed E-state index contributed by atoms with van der Waals surface area (Å²) in [4.78, 5) is 4.73. The monoisotopic (exact) mass is 499 g/mol. The van der Waals surface area contributed by atoms with E-state index in [1.807, 2.05) is 6.07 Å². The van der Waals surface area contributed by atoms with Crippen molar-refractivity contribution in [2.45, 2.75) is 43.2 Å². The van der Waals surface area contributed by atoms with Gasteiger partial charge in [-0.1, -0.05) is 18.2 Å². The zero-order valence-corrected chi connectivity index (χ0v) is 20.1. The van der Waals surface area contributed by atoms with E-state index in [1.165, 1.54) is 5.69 Å². The molecule has 0 amide bonds. The van der Waals surface area contributed by atoms with E-state index in [1.54, 1.807) is 0 Å². The van der Waals surface area contributed by atoms with E-state index in [2.05, 4.69) is 39.4 Å². The lowest BCUT2D eigenvalue weighted by Gasteiger charge is -2.41. The van der Waals surface area contributed by atoms with Crippen molar-refractivity contribution in [3.63, 3.8) is 0 Å². The minimum absolute atomic E-state index is 0. The van der Waals surface area contributed by atoms with Crippen LogP contribution in [0.1, 0.15) is 12.8 Å². The van der Waals surface area contributed by atoms with Crippen molar-refractivity contribution in [3.05, 3.63) is 30.3 Å². The van der Waals surface area contributed by atoms with Gasteiger partial charge in [0.15, 0.2) is 0 Å². The summed E-state index contributed by atoms with van der Waals surface area (Å²) in [5.41, 5.74) is 1.25. The molecule has 0 aliphatic carbocycles. The first kappa shape index (κ1) is 28.7. The molecule has 0 aromatic heterocycles. The second-order valence-electron chi connectivity index (χ2n) is 8.03. The number of aliphatic hydroxyl groups is 2. The number of aliphatic hydroxyl groups excluding tert-OH is 2. The van der Waals surface area contributed by atoms with E-state index in [0.717, 1.165) is 52.2 Å². The molecule has 0 radical (unpaired) electrons. The standard InChI is InChI=1S/C21H33N3O4.3ClH/c25-15-19-21(26)20(18(28-19)14-22-16-6-12-27-13-7-16)24-10-8-23(9-11-24)17-4-2-1-3-5-17;;;/h1-5,16,18-22,25-26H,6-15H2;3*1H/t18-,19+,20+,21-;;;/m1.../s1. The topological polar surface area (TPSA) is 77.4 Å². The van der Waals surface area contributed by atoms with Crippen LogP contribution < -0.4 is 10.2 Å². The number of hydrogen-bond donors (Lipinski definition) is 3. The van der Waals surface area contributed by atoms with E-state index < -0.39 is 12.2 Å². The fraction of sp³-hybridized carbons (Fsp3) is 0.714. The quantitative estimate of drug-likeness (QED) is 0.544. The molecule has 3 heterocycles. The van der Waals surface area contributed by atoms with E-state index in [4.69, 9.17) is 9.47 Å². The molecule has 3 fully saturated rings. The van der Waals surface area contributed by atoms with Gasteiger partial charge in [0.1, 0.15) is 12.2 Å². The van der Waals surface area contributed by atoms with E-state index >= 15 is 0 Å². The molecular weight excluding hydrogens is 465 g/mol. The number of para-hydroxylation sites is 1. The van der Waals surface area contributed by atoms with Crippen molar-refractivity contribution in [1.82, 2.24) is 10.2 Å². The normalized spacial score (nSPS) is 29.5. The molecule has 3 aliphatic rings. The number of hydrogen-bond acceptors (Lipinski definition) is 7. The molecule has 1 aromatic carbocycles. The first-order valence-electron chi connectivity index (χ1n) is 10.6. The Hall–Kier alpha value is -0.350. The molecule has 7 nitrogen and oxygen atoms in total. The highest BCUT2D eigenvalue weighted by atomic mass is 35.5. The fourth-order valence-electron chi connectivity index (χ4n) is 4.70. The Kier molecular flexibility index (Phi) is 13.0. The number of ether oxygens (including phenoxy) is 2. The lowest BCUT2D eigenvalue weighted by Crippen LogP contribution is -2.57. The molecule has 0 spiro atoms. The SMILES string of the molecule is Cl.Cl.Cl.OC[C@@H]1O[C@H](CNC2CCOCC2)[C@H](N2CCN(c3ccccc3)CC2)[C@@H]1O. The minimum Gasteiger partial charge on any atom is -0.394 e. The van der Waals surface area contributed by atoms with Gasteiger partial charge in [-0.2, -0.15) is 0 Å². The predicted molar refractivity (Wildman–Crippen MR) is 129 cm³/mol. The second kappa shape index (κ2) is 14.0. The number of nitrogens with one attached hydrogen (secondary N) is 1. The number of rotatable bonds is 6. The van der Waals surface area contributed by atoms with Crippen molar-refractivity contribution in [3.8, 4) is 0 Å². The first-order valence-corrected chi connectivity index (χ1v) is 10.6. The number of benzene rings is 1. The summed E-state index contributed by atoms with van der Waals surface area (Å²) < 4.78 is 11.5. The number of nitrogens with zero attached hydrogens (tertiary/aromatic N) is 2. The molecule has 0 bridgehead atoms. The maximum Gasteiger partial charge on any atom is 0.109 e. The van der Waals surface area contributed by atoms with Crippen molar-refractivity contribution in [2.75, 3.05) is 57.4 Å². The van der Waals surface area contributed by atoms with Crippen molar-refractivity contribution >= 4 is 42.9 Å². The van der Waals surface area contributed by atoms with Gasteiger partial charge in [-0.05, 0) is 25.0 Å². The third-order valence-corrected chi connectivity index (χ3v) is 6.33. The predicted octanol–water partition coefficient (Wildman–Crippen LogP) is 1.33. The molecule has 4 atom stereocenters. The molecule has 3 saturated heterocycles. The lowest BCUT2D eigenvalue weighted by molar-refractivity contribution is -0.0229. The van der Waals surface area contributed by atoms with Gasteiger partial charge >= 0.3 is 0 Å². The van der Waals surface area contributed by atoms with E-state index in [-0.39, 0.29) is 56.0 Å². The Bertz CT molecular complexity index is 605. The van der Waals surface area contributed by atoms with Crippen LogP contribution in [0.5, 0.6) is 0 Å². The van der Waals surface area contributed by atoms with Crippen LogP contribution in [0.3, 0.4) is 0 Å². The highest BCUT2D eigenvalue weighted by Gasteiger charge is 2.46. The van der Waals surface area contributed by atoms with Crippen LogP contribution in [-0.4, -0.2) is 98.1 Å². The van der Waals surface area contributed by atoms with Gasteiger partial charge in [0.2, 0.25) is 0 Å². The molecule has 4 rings (SSSR count). The van der Waals surface area contributed by atoms with Crippen LogP contribution in [0, 0.1) is 0 Å². The van der Waals surface area contributed by atoms with Gasteiger partial charge < -0.3 is 29.9 Å². The molecule has 0 unspecified atom stereocenters. The molecule has 3 N–H and O–H groups in total. The fourth-order valence-corrected chi connectivity index (χ4v) is 4.70. The van der Waals surface area contributed by atoms with Crippen LogP contribution in [-0.2, 0) is 9.47 Å². The molecule has 1 aromatic rings. The van der Waals surface area contributed by atoms with E-state index in [9.17, 15) is 10.2 Å². The average Bonchev–Trinajstić information content (AvgIpc) is 3.09. The van der Waals surface area contributed by atoms with Gasteiger partial charge in [-0.15, -0.1) is 37.2 Å². The summed E-state index contributed by atoms with van der Waals surface area (Å²) >= 11 is 0. The van der Waals surface area contributed by atoms with Crippen molar-refractivity contribution in [1.29, 1.82) is 0 Å². The summed E-state index contributed by atoms with van der Waals surface area (Å²) in [6, 6.07) is 10.8. The van der Waals surface area contributed by atoms with Gasteiger partial charge in [0.05, 0.1) is 18.8 Å². The van der Waals surface area contributed by atoms with Crippen LogP contribution in [0.15, 0.2) is 30.3 Å². The third-order valence-electron chi connectivity index (χ3n) is 6.33. The first-order chi connectivity index (χ1) is 13.8. The third kappa shape index (κ3) is 7.06. The van der Waals surface area contributed by atoms with Crippen molar-refractivity contribution in [2.24, 2.45) is 0 Å². The molecule has 10 heteroatoms. The molecular formula is C21H36Cl3N3O4. The zero-order valence-electron chi connectivity index (χ0n) is 17.7. The molecule has 0 saturated carbocycles. The summed E-state index contributed by atoms with van der Waals surface area (Å²) in [7, 11) is 0.